The summed E-state index contributed by atoms with van der Waals surface area (Å²) >= 11 is 0. The Bertz CT molecular complexity index is 702. The molecule has 0 bridgehead atoms. The Hall–Kier alpha value is -2.13. The highest BCUT2D eigenvalue weighted by Crippen LogP contribution is 2.27. The third-order valence-electron chi connectivity index (χ3n) is 4.90. The van der Waals surface area contributed by atoms with E-state index in [1.165, 1.54) is 5.56 Å². The van der Waals surface area contributed by atoms with Gasteiger partial charge in [-0.1, -0.05) is 45.0 Å². The van der Waals surface area contributed by atoms with Crippen molar-refractivity contribution in [2.24, 2.45) is 0 Å². The summed E-state index contributed by atoms with van der Waals surface area (Å²) in [4.78, 5) is 15.0. The number of ketones is 1. The Morgan fingerprint density at radius 2 is 1.46 bits per heavy atom. The van der Waals surface area contributed by atoms with Crippen LogP contribution in [-0.2, 0) is 0 Å². The predicted molar refractivity (Wildman–Crippen MR) is 108 cm³/mol. The minimum Gasteiger partial charge on any atom is -0.475 e. The summed E-state index contributed by atoms with van der Waals surface area (Å²) in [6, 6.07) is 15.9. The number of hydrogen-bond donors (Lipinski definition) is 0. The number of nitrogens with zero attached hydrogens (tertiary/aromatic N) is 1. The van der Waals surface area contributed by atoms with Crippen LogP contribution in [-0.4, -0.2) is 31.0 Å². The smallest absolute Gasteiger partial charge is 0.170 e. The van der Waals surface area contributed by atoms with Gasteiger partial charge in [-0.05, 0) is 68.8 Å². The van der Waals surface area contributed by atoms with Crippen LogP contribution in [0, 0.1) is 0 Å². The van der Waals surface area contributed by atoms with Gasteiger partial charge in [-0.3, -0.25) is 9.69 Å². The average molecular weight is 354 g/mol. The molecular formula is C23H31NO2. The summed E-state index contributed by atoms with van der Waals surface area (Å²) in [5.74, 6) is 1.33. The zero-order valence-corrected chi connectivity index (χ0v) is 16.8. The van der Waals surface area contributed by atoms with Crippen molar-refractivity contribution in [2.45, 2.75) is 52.2 Å². The van der Waals surface area contributed by atoms with Gasteiger partial charge in [0, 0.05) is 11.5 Å². The van der Waals surface area contributed by atoms with Gasteiger partial charge in [0.05, 0.1) is 0 Å². The van der Waals surface area contributed by atoms with E-state index in [2.05, 4.69) is 45.0 Å². The Balaban J connectivity index is 2.14. The van der Waals surface area contributed by atoms with Crippen LogP contribution < -0.4 is 4.74 Å². The van der Waals surface area contributed by atoms with Crippen molar-refractivity contribution < 1.29 is 9.53 Å². The van der Waals surface area contributed by atoms with E-state index in [4.69, 9.17) is 4.74 Å². The average Bonchev–Trinajstić information content (AvgIpc) is 2.63. The van der Waals surface area contributed by atoms with Gasteiger partial charge in [-0.15, -0.1) is 0 Å². The van der Waals surface area contributed by atoms with Crippen LogP contribution in [0.1, 0.15) is 67.4 Å². The van der Waals surface area contributed by atoms with E-state index in [0.717, 1.165) is 23.3 Å². The summed E-state index contributed by atoms with van der Waals surface area (Å²) < 4.78 is 5.83. The molecule has 0 fully saturated rings. The molecule has 0 saturated heterocycles. The van der Waals surface area contributed by atoms with Crippen molar-refractivity contribution in [2.75, 3.05) is 14.1 Å². The number of benzene rings is 2. The standard InChI is InChI=1S/C23H31NO2/c1-7-22(19-10-8-18(9-11-19)16(2)3)23(25)20-12-14-21(15-13-20)26-17(4)24(5)6/h8-17,22H,7H2,1-6H3. The number of carbonyl (C=O) groups excluding carboxylic acids is 1. The van der Waals surface area contributed by atoms with Gasteiger partial charge in [-0.25, -0.2) is 0 Å². The SMILES string of the molecule is CCC(C(=O)c1ccc(OC(C)N(C)C)cc1)c1ccc(C(C)C)cc1. The lowest BCUT2D eigenvalue weighted by Crippen LogP contribution is -2.30. The minimum absolute atomic E-state index is 0.0144. The van der Waals surface area contributed by atoms with Gasteiger partial charge in [0.25, 0.3) is 0 Å². The summed E-state index contributed by atoms with van der Waals surface area (Å²) in [5, 5.41) is 0. The highest BCUT2D eigenvalue weighted by atomic mass is 16.5. The van der Waals surface area contributed by atoms with E-state index in [-0.39, 0.29) is 17.9 Å². The lowest BCUT2D eigenvalue weighted by Gasteiger charge is -2.21. The molecule has 2 unspecified atom stereocenters. The second kappa shape index (κ2) is 9.00. The van der Waals surface area contributed by atoms with Crippen LogP contribution in [0.5, 0.6) is 5.75 Å². The van der Waals surface area contributed by atoms with Crippen molar-refractivity contribution in [3.8, 4) is 5.75 Å². The number of hydrogen-bond acceptors (Lipinski definition) is 3. The zero-order chi connectivity index (χ0) is 19.3. The molecule has 0 spiro atoms. The molecule has 140 valence electrons. The Morgan fingerprint density at radius 1 is 0.923 bits per heavy atom. The highest BCUT2D eigenvalue weighted by molar-refractivity contribution is 6.01. The minimum atomic E-state index is -0.108. The molecule has 2 aromatic carbocycles. The predicted octanol–water partition coefficient (Wildman–Crippen LogP) is 5.47. The maximum Gasteiger partial charge on any atom is 0.170 e. The maximum atomic E-state index is 13.0. The van der Waals surface area contributed by atoms with E-state index in [9.17, 15) is 4.79 Å². The first-order chi connectivity index (χ1) is 12.3. The molecule has 0 radical (unpaired) electrons. The van der Waals surface area contributed by atoms with E-state index >= 15 is 0 Å². The molecule has 0 heterocycles. The third-order valence-corrected chi connectivity index (χ3v) is 4.90. The molecule has 3 nitrogen and oxygen atoms in total. The van der Waals surface area contributed by atoms with Crippen LogP contribution >= 0.6 is 0 Å². The van der Waals surface area contributed by atoms with Gasteiger partial charge >= 0.3 is 0 Å². The molecule has 2 rings (SSSR count). The fourth-order valence-electron chi connectivity index (χ4n) is 2.89. The molecule has 3 heteroatoms. The first-order valence-electron chi connectivity index (χ1n) is 9.40. The maximum absolute atomic E-state index is 13.0. The molecule has 26 heavy (non-hydrogen) atoms. The number of Topliss-reactive ketones (excluding diaryl/α,β-unsaturated/α-hetero) is 1. The molecule has 0 amide bonds. The van der Waals surface area contributed by atoms with Crippen LogP contribution in [0.15, 0.2) is 48.5 Å². The molecule has 0 N–H and O–H groups in total. The summed E-state index contributed by atoms with van der Waals surface area (Å²) in [5.41, 5.74) is 3.12. The van der Waals surface area contributed by atoms with Crippen LogP contribution in [0.4, 0.5) is 0 Å². The van der Waals surface area contributed by atoms with Crippen LogP contribution in [0.3, 0.4) is 0 Å². The van der Waals surface area contributed by atoms with Gasteiger partial charge in [0.15, 0.2) is 5.78 Å². The zero-order valence-electron chi connectivity index (χ0n) is 16.8. The summed E-state index contributed by atoms with van der Waals surface area (Å²) in [6.45, 7) is 8.42. The molecule has 2 aromatic rings. The molecule has 2 atom stereocenters. The second-order valence-corrected chi connectivity index (χ2v) is 7.35. The van der Waals surface area contributed by atoms with Crippen molar-refractivity contribution >= 4 is 5.78 Å². The van der Waals surface area contributed by atoms with E-state index in [1.54, 1.807) is 0 Å². The first-order valence-corrected chi connectivity index (χ1v) is 9.40. The molecule has 0 aliphatic carbocycles. The Morgan fingerprint density at radius 3 is 1.92 bits per heavy atom. The molecule has 0 aromatic heterocycles. The fourth-order valence-corrected chi connectivity index (χ4v) is 2.89. The van der Waals surface area contributed by atoms with Crippen LogP contribution in [0.25, 0.3) is 0 Å². The molecular weight excluding hydrogens is 322 g/mol. The Kier molecular flexibility index (Phi) is 6.98. The van der Waals surface area contributed by atoms with Crippen molar-refractivity contribution in [3.63, 3.8) is 0 Å². The van der Waals surface area contributed by atoms with Crippen molar-refractivity contribution in [1.29, 1.82) is 0 Å². The summed E-state index contributed by atoms with van der Waals surface area (Å²) in [6.07, 6.45) is 0.773. The molecule has 0 saturated carbocycles. The fraction of sp³-hybridized carbons (Fsp3) is 0.435. The lowest BCUT2D eigenvalue weighted by atomic mass is 9.87. The Labute approximate surface area is 158 Å². The van der Waals surface area contributed by atoms with E-state index < -0.39 is 0 Å². The van der Waals surface area contributed by atoms with E-state index in [0.29, 0.717) is 5.92 Å². The topological polar surface area (TPSA) is 29.5 Å². The second-order valence-electron chi connectivity index (χ2n) is 7.35. The third kappa shape index (κ3) is 4.95. The van der Waals surface area contributed by atoms with Crippen molar-refractivity contribution in [3.05, 3.63) is 65.2 Å². The highest BCUT2D eigenvalue weighted by Gasteiger charge is 2.20. The van der Waals surface area contributed by atoms with Gasteiger partial charge in [0.2, 0.25) is 0 Å². The van der Waals surface area contributed by atoms with Gasteiger partial charge in [-0.2, -0.15) is 0 Å². The van der Waals surface area contributed by atoms with Gasteiger partial charge in [0.1, 0.15) is 12.0 Å². The van der Waals surface area contributed by atoms with Crippen LogP contribution in [0.2, 0.25) is 0 Å². The first kappa shape index (κ1) is 20.2. The quantitative estimate of drug-likeness (QED) is 0.465. The largest absolute Gasteiger partial charge is 0.475 e. The summed E-state index contributed by atoms with van der Waals surface area (Å²) in [7, 11) is 3.94. The van der Waals surface area contributed by atoms with E-state index in [1.807, 2.05) is 50.2 Å². The number of ether oxygens (including phenoxy) is 1. The van der Waals surface area contributed by atoms with Crippen molar-refractivity contribution in [1.82, 2.24) is 4.90 Å². The monoisotopic (exact) mass is 353 g/mol. The molecule has 0 aliphatic heterocycles. The molecule has 0 aliphatic rings. The number of rotatable bonds is 8. The lowest BCUT2D eigenvalue weighted by molar-refractivity contribution is 0.0815. The number of carbonyl (C=O) groups is 1. The van der Waals surface area contributed by atoms with Gasteiger partial charge < -0.3 is 4.74 Å². The normalized spacial score (nSPS) is 13.7.